The predicted molar refractivity (Wildman–Crippen MR) is 124 cm³/mol. The number of amides is 2. The molecule has 8 heteroatoms. The number of benzene rings is 1. The van der Waals surface area contributed by atoms with Gasteiger partial charge in [0.2, 0.25) is 5.91 Å². The van der Waals surface area contributed by atoms with Crippen molar-refractivity contribution in [1.82, 2.24) is 24.3 Å². The fourth-order valence-electron chi connectivity index (χ4n) is 4.84. The Morgan fingerprint density at radius 1 is 0.909 bits per heavy atom. The van der Waals surface area contributed by atoms with Crippen molar-refractivity contribution in [3.63, 3.8) is 0 Å². The van der Waals surface area contributed by atoms with Gasteiger partial charge in [-0.25, -0.2) is 9.97 Å². The summed E-state index contributed by atoms with van der Waals surface area (Å²) in [5, 5.41) is 0. The highest BCUT2D eigenvalue weighted by Crippen LogP contribution is 2.27. The van der Waals surface area contributed by atoms with Crippen LogP contribution in [0.25, 0.3) is 11.2 Å². The van der Waals surface area contributed by atoms with E-state index in [4.69, 9.17) is 0 Å². The summed E-state index contributed by atoms with van der Waals surface area (Å²) in [6.07, 6.45) is 5.79. The Kier molecular flexibility index (Phi) is 5.90. The molecule has 0 bridgehead atoms. The third-order valence-electron chi connectivity index (χ3n) is 6.67. The number of hydrogen-bond donors (Lipinski definition) is 0. The van der Waals surface area contributed by atoms with Crippen LogP contribution in [0.1, 0.15) is 41.7 Å². The average molecular weight is 446 g/mol. The lowest BCUT2D eigenvalue weighted by Gasteiger charge is -2.35. The maximum Gasteiger partial charge on any atom is 0.284 e. The van der Waals surface area contributed by atoms with E-state index in [0.717, 1.165) is 31.2 Å². The average Bonchev–Trinajstić information content (AvgIpc) is 3.40. The minimum absolute atomic E-state index is 0.0954. The van der Waals surface area contributed by atoms with Crippen molar-refractivity contribution in [2.75, 3.05) is 26.2 Å². The van der Waals surface area contributed by atoms with E-state index in [2.05, 4.69) is 9.97 Å². The Morgan fingerprint density at radius 3 is 2.33 bits per heavy atom. The van der Waals surface area contributed by atoms with E-state index in [1.54, 1.807) is 23.2 Å². The standard InChI is InChI=1S/C25H27N5O3/c31-23(19-9-4-5-10-19)28-13-15-29(16-14-28)24(32)21-25(33)30(17-18-7-2-1-3-8-18)22-20(27-21)11-6-12-26-22/h1-3,6-8,11-12,19H,4-5,9-10,13-17H2. The first-order valence-electron chi connectivity index (χ1n) is 11.6. The molecule has 0 spiro atoms. The first kappa shape index (κ1) is 21.3. The number of pyridine rings is 1. The number of nitrogens with zero attached hydrogens (tertiary/aromatic N) is 5. The van der Waals surface area contributed by atoms with Gasteiger partial charge in [0.1, 0.15) is 5.52 Å². The largest absolute Gasteiger partial charge is 0.339 e. The summed E-state index contributed by atoms with van der Waals surface area (Å²) < 4.78 is 1.52. The minimum Gasteiger partial charge on any atom is -0.339 e. The van der Waals surface area contributed by atoms with Crippen LogP contribution >= 0.6 is 0 Å². The highest BCUT2D eigenvalue weighted by molar-refractivity contribution is 5.93. The molecule has 5 rings (SSSR count). The molecule has 33 heavy (non-hydrogen) atoms. The van der Waals surface area contributed by atoms with E-state index < -0.39 is 5.56 Å². The van der Waals surface area contributed by atoms with Gasteiger partial charge < -0.3 is 9.80 Å². The Morgan fingerprint density at radius 2 is 1.61 bits per heavy atom. The second-order valence-corrected chi connectivity index (χ2v) is 8.78. The lowest BCUT2D eigenvalue weighted by atomic mass is 10.1. The Hall–Kier alpha value is -3.55. The highest BCUT2D eigenvalue weighted by Gasteiger charge is 2.32. The summed E-state index contributed by atoms with van der Waals surface area (Å²) in [7, 11) is 0. The van der Waals surface area contributed by atoms with Crippen molar-refractivity contribution in [3.8, 4) is 0 Å². The van der Waals surface area contributed by atoms with E-state index in [9.17, 15) is 14.4 Å². The molecule has 0 atom stereocenters. The van der Waals surface area contributed by atoms with Gasteiger partial charge in [0, 0.05) is 38.3 Å². The molecule has 8 nitrogen and oxygen atoms in total. The quantitative estimate of drug-likeness (QED) is 0.615. The molecule has 3 heterocycles. The zero-order chi connectivity index (χ0) is 22.8. The lowest BCUT2D eigenvalue weighted by molar-refractivity contribution is -0.136. The monoisotopic (exact) mass is 445 g/mol. The summed E-state index contributed by atoms with van der Waals surface area (Å²) in [6, 6.07) is 13.1. The molecule has 0 radical (unpaired) electrons. The second-order valence-electron chi connectivity index (χ2n) is 8.78. The molecule has 2 aliphatic rings. The van der Waals surface area contributed by atoms with Gasteiger partial charge in [-0.1, -0.05) is 43.2 Å². The number of hydrogen-bond acceptors (Lipinski definition) is 5. The number of aromatic nitrogens is 3. The van der Waals surface area contributed by atoms with Gasteiger partial charge in [-0.05, 0) is 30.5 Å². The molecule has 3 aromatic rings. The van der Waals surface area contributed by atoms with Crippen molar-refractivity contribution in [2.24, 2.45) is 5.92 Å². The normalized spacial score (nSPS) is 17.0. The van der Waals surface area contributed by atoms with Gasteiger partial charge in [0.15, 0.2) is 11.3 Å². The third kappa shape index (κ3) is 4.25. The maximum absolute atomic E-state index is 13.4. The van der Waals surface area contributed by atoms with E-state index in [1.807, 2.05) is 35.2 Å². The van der Waals surface area contributed by atoms with Gasteiger partial charge >= 0.3 is 0 Å². The van der Waals surface area contributed by atoms with Crippen LogP contribution in [-0.4, -0.2) is 62.3 Å². The lowest BCUT2D eigenvalue weighted by Crippen LogP contribution is -2.52. The Labute approximate surface area is 191 Å². The highest BCUT2D eigenvalue weighted by atomic mass is 16.2. The maximum atomic E-state index is 13.4. The van der Waals surface area contributed by atoms with Gasteiger partial charge in [-0.3, -0.25) is 19.0 Å². The fraction of sp³-hybridized carbons (Fsp3) is 0.400. The fourth-order valence-corrected chi connectivity index (χ4v) is 4.84. The number of carbonyl (C=O) groups is 2. The minimum atomic E-state index is -0.445. The third-order valence-corrected chi connectivity index (χ3v) is 6.67. The molecule has 2 amide bonds. The van der Waals surface area contributed by atoms with Crippen LogP contribution in [0, 0.1) is 5.92 Å². The Balaban J connectivity index is 1.39. The zero-order valence-electron chi connectivity index (χ0n) is 18.5. The van der Waals surface area contributed by atoms with Crippen LogP contribution in [-0.2, 0) is 11.3 Å². The zero-order valence-corrected chi connectivity index (χ0v) is 18.5. The van der Waals surface area contributed by atoms with Crippen LogP contribution in [0.4, 0.5) is 0 Å². The SMILES string of the molecule is O=C(c1nc2cccnc2n(Cc2ccccc2)c1=O)N1CCN(C(=O)C2CCCC2)CC1. The topological polar surface area (TPSA) is 88.4 Å². The summed E-state index contributed by atoms with van der Waals surface area (Å²) >= 11 is 0. The van der Waals surface area contributed by atoms with Crippen LogP contribution in [0.5, 0.6) is 0 Å². The summed E-state index contributed by atoms with van der Waals surface area (Å²) in [5.74, 6) is -0.0488. The van der Waals surface area contributed by atoms with Crippen LogP contribution < -0.4 is 5.56 Å². The summed E-state index contributed by atoms with van der Waals surface area (Å²) in [4.78, 5) is 51.7. The molecule has 1 aliphatic heterocycles. The van der Waals surface area contributed by atoms with E-state index >= 15 is 0 Å². The number of fused-ring (bicyclic) bond motifs is 1. The molecule has 170 valence electrons. The van der Waals surface area contributed by atoms with E-state index in [1.165, 1.54) is 4.57 Å². The first-order chi connectivity index (χ1) is 16.1. The molecule has 2 aromatic heterocycles. The van der Waals surface area contributed by atoms with Gasteiger partial charge in [-0.15, -0.1) is 0 Å². The van der Waals surface area contributed by atoms with Crippen LogP contribution in [0.2, 0.25) is 0 Å². The van der Waals surface area contributed by atoms with Crippen LogP contribution in [0.3, 0.4) is 0 Å². The number of rotatable bonds is 4. The molecule has 0 unspecified atom stereocenters. The molecule has 1 saturated heterocycles. The van der Waals surface area contributed by atoms with Crippen molar-refractivity contribution < 1.29 is 9.59 Å². The smallest absolute Gasteiger partial charge is 0.284 e. The first-order valence-corrected chi connectivity index (χ1v) is 11.6. The van der Waals surface area contributed by atoms with Crippen molar-refractivity contribution in [2.45, 2.75) is 32.2 Å². The molecule has 1 aliphatic carbocycles. The Bertz CT molecular complexity index is 1230. The van der Waals surface area contributed by atoms with Crippen molar-refractivity contribution in [1.29, 1.82) is 0 Å². The van der Waals surface area contributed by atoms with Crippen LogP contribution in [0.15, 0.2) is 53.5 Å². The molecule has 2 fully saturated rings. The molecule has 0 N–H and O–H groups in total. The predicted octanol–water partition coefficient (Wildman–Crippen LogP) is 2.31. The van der Waals surface area contributed by atoms with Gasteiger partial charge in [-0.2, -0.15) is 0 Å². The van der Waals surface area contributed by atoms with E-state index in [0.29, 0.717) is 43.9 Å². The molecular formula is C25H27N5O3. The van der Waals surface area contributed by atoms with Crippen molar-refractivity contribution >= 4 is 23.0 Å². The second kappa shape index (κ2) is 9.13. The summed E-state index contributed by atoms with van der Waals surface area (Å²) in [5.41, 5.74) is 1.36. The van der Waals surface area contributed by atoms with Crippen molar-refractivity contribution in [3.05, 3.63) is 70.3 Å². The molecular weight excluding hydrogens is 418 g/mol. The number of carbonyl (C=O) groups excluding carboxylic acids is 2. The van der Waals surface area contributed by atoms with Gasteiger partial charge in [0.25, 0.3) is 11.5 Å². The number of piperazine rings is 1. The molecule has 1 saturated carbocycles. The van der Waals surface area contributed by atoms with E-state index in [-0.39, 0.29) is 23.4 Å². The molecule has 1 aromatic carbocycles. The van der Waals surface area contributed by atoms with Gasteiger partial charge in [0.05, 0.1) is 6.54 Å². The summed E-state index contributed by atoms with van der Waals surface area (Å²) in [6.45, 7) is 2.10.